The molecule has 79 heavy (non-hydrogen) atoms. The molecule has 0 amide bonds. The first-order chi connectivity index (χ1) is 39.1. The lowest BCUT2D eigenvalue weighted by Gasteiger charge is -2.32. The van der Waals surface area contributed by atoms with E-state index < -0.39 is 0 Å². The van der Waals surface area contributed by atoms with Crippen LogP contribution >= 0.6 is 15.9 Å². The first-order valence-corrected chi connectivity index (χ1v) is 26.6. The fourth-order valence-corrected chi connectivity index (χ4v) is 10.9. The van der Waals surface area contributed by atoms with Crippen molar-refractivity contribution in [3.05, 3.63) is 260 Å². The number of benzene rings is 7. The Morgan fingerprint density at radius 2 is 0.924 bits per heavy atom. The summed E-state index contributed by atoms with van der Waals surface area (Å²) in [6.07, 6.45) is 5.54. The summed E-state index contributed by atoms with van der Waals surface area (Å²) in [5.74, 6) is 3.25. The molecule has 1 N–H and O–H groups in total. The van der Waals surface area contributed by atoms with Gasteiger partial charge in [-0.2, -0.15) is 0 Å². The number of hydrogen-bond acceptors (Lipinski definition) is 10. The number of pyridine rings is 6. The third kappa shape index (κ3) is 8.83. The maximum atomic E-state index is 5.26. The van der Waals surface area contributed by atoms with Gasteiger partial charge in [0, 0.05) is 51.6 Å². The molecule has 2 aliphatic heterocycles. The highest BCUT2D eigenvalue weighted by molar-refractivity contribution is 9.10. The van der Waals surface area contributed by atoms with Gasteiger partial charge in [0.1, 0.15) is 33.4 Å². The van der Waals surface area contributed by atoms with Gasteiger partial charge >= 0.3 is 0 Å². The molecule has 10 nitrogen and oxygen atoms in total. The largest absolute Gasteiger partial charge is 0.338 e. The molecule has 7 aromatic heterocycles. The van der Waals surface area contributed by atoms with Crippen LogP contribution in [0.1, 0.15) is 0 Å². The molecule has 0 aliphatic carbocycles. The zero-order chi connectivity index (χ0) is 52.7. The molecule has 0 radical (unpaired) electrons. The number of nitrogens with one attached hydrogen (secondary N) is 1. The molecular weight excluding hydrogens is 1040 g/mol. The van der Waals surface area contributed by atoms with Gasteiger partial charge in [0.15, 0.2) is 5.82 Å². The molecule has 11 heteroatoms. The molecule has 0 fully saturated rings. The second kappa shape index (κ2) is 20.3. The van der Waals surface area contributed by atoms with Crippen molar-refractivity contribution in [2.75, 3.05) is 10.2 Å². The Bertz CT molecular complexity index is 4490. The first-order valence-electron chi connectivity index (χ1n) is 25.8. The molecule has 14 aromatic rings. The molecule has 0 saturated carbocycles. The Morgan fingerprint density at radius 1 is 0.367 bits per heavy atom. The molecule has 0 saturated heterocycles. The van der Waals surface area contributed by atoms with E-state index in [9.17, 15) is 0 Å². The Balaban J connectivity index is 0.000000118. The van der Waals surface area contributed by atoms with Crippen molar-refractivity contribution in [3.8, 4) is 67.7 Å². The molecule has 16 rings (SSSR count). The maximum absolute atomic E-state index is 5.26. The highest BCUT2D eigenvalue weighted by Gasteiger charge is 2.30. The van der Waals surface area contributed by atoms with Crippen LogP contribution in [0.3, 0.4) is 0 Å². The van der Waals surface area contributed by atoms with Crippen LogP contribution in [0.4, 0.5) is 28.8 Å². The van der Waals surface area contributed by atoms with Crippen LogP contribution in [0.25, 0.3) is 111 Å². The van der Waals surface area contributed by atoms with Gasteiger partial charge in [0.25, 0.3) is 0 Å². The summed E-state index contributed by atoms with van der Waals surface area (Å²) in [4.78, 5) is 40.4. The van der Waals surface area contributed by atoms with Crippen molar-refractivity contribution in [1.29, 1.82) is 0 Å². The summed E-state index contributed by atoms with van der Waals surface area (Å²) < 4.78 is 0.792. The summed E-state index contributed by atoms with van der Waals surface area (Å²) in [6.45, 7) is 0. The number of fused-ring (bicyclic) bond motifs is 8. The third-order valence-electron chi connectivity index (χ3n) is 14.1. The van der Waals surface area contributed by atoms with Crippen molar-refractivity contribution in [1.82, 2.24) is 39.9 Å². The van der Waals surface area contributed by atoms with E-state index >= 15 is 0 Å². The normalized spacial score (nSPS) is 11.7. The van der Waals surface area contributed by atoms with Gasteiger partial charge in [-0.15, -0.1) is 0 Å². The average molecular weight is 1080 g/mol. The Labute approximate surface area is 463 Å². The monoisotopic (exact) mass is 1080 g/mol. The van der Waals surface area contributed by atoms with Crippen molar-refractivity contribution < 1.29 is 0 Å². The number of aromatic nitrogens is 8. The molecular formula is C68H43BrN10. The van der Waals surface area contributed by atoms with Crippen molar-refractivity contribution >= 4 is 88.1 Å². The summed E-state index contributed by atoms with van der Waals surface area (Å²) in [6, 6.07) is 80.2. The Kier molecular flexibility index (Phi) is 12.1. The van der Waals surface area contributed by atoms with E-state index in [0.29, 0.717) is 0 Å². The lowest BCUT2D eigenvalue weighted by Crippen LogP contribution is -2.18. The maximum Gasteiger partial charge on any atom is 0.161 e. The molecule has 0 bridgehead atoms. The minimum atomic E-state index is 0.730. The highest BCUT2D eigenvalue weighted by Crippen LogP contribution is 2.51. The average Bonchev–Trinajstić information content (AvgIpc) is 3.71. The second-order valence-corrected chi connectivity index (χ2v) is 19.7. The van der Waals surface area contributed by atoms with E-state index in [1.54, 1.807) is 6.20 Å². The number of para-hydroxylation sites is 3. The molecule has 372 valence electrons. The van der Waals surface area contributed by atoms with Crippen LogP contribution in [-0.2, 0) is 0 Å². The van der Waals surface area contributed by atoms with Gasteiger partial charge in [-0.05, 0) is 98.5 Å². The third-order valence-corrected chi connectivity index (χ3v) is 14.5. The molecule has 0 unspecified atom stereocenters. The van der Waals surface area contributed by atoms with E-state index in [2.05, 4.69) is 161 Å². The van der Waals surface area contributed by atoms with E-state index in [-0.39, 0.29) is 0 Å². The van der Waals surface area contributed by atoms with Gasteiger partial charge in [-0.1, -0.05) is 176 Å². The van der Waals surface area contributed by atoms with Crippen LogP contribution in [0.2, 0.25) is 0 Å². The molecule has 7 aromatic carbocycles. The zero-order valence-electron chi connectivity index (χ0n) is 42.2. The SMILES string of the molecule is Brc1cc(-c2ccccc2)nc(-c2ccccc2)n1.c1ccc(-c2cc(-c3ccccc3)nc(N3c4ccccc4-c4nccc5c4c3nc3ccccc35)c2)cc1.c1cnc2c(c1)Nc1nc3ccccc3c3ccnc-2c13. The van der Waals surface area contributed by atoms with Crippen molar-refractivity contribution in [2.45, 2.75) is 0 Å². The van der Waals surface area contributed by atoms with Gasteiger partial charge in [-0.3, -0.25) is 19.9 Å². The Hall–Kier alpha value is -10.4. The second-order valence-electron chi connectivity index (χ2n) is 18.9. The highest BCUT2D eigenvalue weighted by atomic mass is 79.9. The van der Waals surface area contributed by atoms with Crippen LogP contribution in [-0.4, -0.2) is 39.9 Å². The predicted octanol–water partition coefficient (Wildman–Crippen LogP) is 17.4. The summed E-state index contributed by atoms with van der Waals surface area (Å²) in [5, 5.41) is 10.0. The quantitative estimate of drug-likeness (QED) is 0.132. The van der Waals surface area contributed by atoms with Crippen LogP contribution in [0, 0.1) is 0 Å². The summed E-state index contributed by atoms with van der Waals surface area (Å²) in [7, 11) is 0. The predicted molar refractivity (Wildman–Crippen MR) is 324 cm³/mol. The van der Waals surface area contributed by atoms with Gasteiger partial charge < -0.3 is 5.32 Å². The first kappa shape index (κ1) is 47.1. The number of nitrogens with zero attached hydrogens (tertiary/aromatic N) is 9. The van der Waals surface area contributed by atoms with Gasteiger partial charge in [-0.25, -0.2) is 24.9 Å². The number of halogens is 1. The van der Waals surface area contributed by atoms with E-state index in [4.69, 9.17) is 19.9 Å². The van der Waals surface area contributed by atoms with Crippen LogP contribution < -0.4 is 10.2 Å². The fourth-order valence-electron chi connectivity index (χ4n) is 10.5. The van der Waals surface area contributed by atoms with Crippen molar-refractivity contribution in [2.24, 2.45) is 0 Å². The van der Waals surface area contributed by atoms with E-state index in [1.807, 2.05) is 134 Å². The van der Waals surface area contributed by atoms with Gasteiger partial charge in [0.2, 0.25) is 0 Å². The van der Waals surface area contributed by atoms with E-state index in [0.717, 1.165) is 144 Å². The van der Waals surface area contributed by atoms with Crippen molar-refractivity contribution in [3.63, 3.8) is 0 Å². The topological polar surface area (TPSA) is 118 Å². The molecule has 0 atom stereocenters. The molecule has 9 heterocycles. The number of anilines is 5. The minimum absolute atomic E-state index is 0.730. The standard InChI is InChI=1S/C35H22N4.C17H10N4.C16H11BrN2/c1-3-11-23(12-4-1)25-21-30(24-13-5-2-6-14-24)37-32(22-25)39-31-18-10-8-16-28(31)34-33-27(19-20-36-34)26-15-7-9-17-29(26)38-35(33)39;1-2-5-12-10(4-1)11-7-9-19-16-14(11)17(20-12)21-13-6-3-8-18-15(13)16;17-15-11-14(12-7-3-1-4-8-12)18-16(19-15)13-9-5-2-6-10-13/h1-22H;1-9H,(H,20,21);1-11H. The number of hydrogen-bond donors (Lipinski definition) is 1. The lowest BCUT2D eigenvalue weighted by atomic mass is 9.95. The zero-order valence-corrected chi connectivity index (χ0v) is 43.7. The fraction of sp³-hybridized carbons (Fsp3) is 0. The number of rotatable bonds is 5. The summed E-state index contributed by atoms with van der Waals surface area (Å²) in [5.41, 5.74) is 15.0. The smallest absolute Gasteiger partial charge is 0.161 e. The summed E-state index contributed by atoms with van der Waals surface area (Å²) >= 11 is 3.46. The Morgan fingerprint density at radius 3 is 1.62 bits per heavy atom. The lowest BCUT2D eigenvalue weighted by molar-refractivity contribution is 1.14. The van der Waals surface area contributed by atoms with Crippen LogP contribution in [0.15, 0.2) is 260 Å². The minimum Gasteiger partial charge on any atom is -0.338 e. The molecule has 2 aliphatic rings. The van der Waals surface area contributed by atoms with Gasteiger partial charge in [0.05, 0.1) is 50.3 Å². The van der Waals surface area contributed by atoms with Crippen LogP contribution in [0.5, 0.6) is 0 Å². The molecule has 0 spiro atoms. The van der Waals surface area contributed by atoms with E-state index in [1.165, 1.54) is 0 Å².